The third kappa shape index (κ3) is 6.14. The number of carbonyl (C=O) groups is 1. The standard InChI is InChI=1S/C23H31IN2O4Si/c1-6-29-23(27)26-17(2)10-11-20-22(26)21(30-19-9-7-8-18(24)14-19)15-25(20)16-28-12-13-31(3,4)5/h7-11,14H,6,12-13,15-16H2,1-5H3. The molecule has 0 saturated carbocycles. The third-order valence-electron chi connectivity index (χ3n) is 4.97. The molecule has 168 valence electrons. The second-order valence-corrected chi connectivity index (χ2v) is 15.6. The molecule has 0 aromatic heterocycles. The van der Waals surface area contributed by atoms with Gasteiger partial charge in [-0.2, -0.15) is 0 Å². The first kappa shape index (κ1) is 23.9. The molecule has 0 radical (unpaired) electrons. The number of carbonyl (C=O) groups excluding carboxylic acids is 1. The number of hydrogen-bond donors (Lipinski definition) is 0. The summed E-state index contributed by atoms with van der Waals surface area (Å²) in [4.78, 5) is 16.5. The molecule has 2 aliphatic rings. The van der Waals surface area contributed by atoms with Gasteiger partial charge in [0.15, 0.2) is 0 Å². The van der Waals surface area contributed by atoms with Gasteiger partial charge >= 0.3 is 6.09 Å². The number of rotatable bonds is 8. The Hall–Kier alpha value is -1.78. The number of nitrogens with zero attached hydrogens (tertiary/aromatic N) is 2. The lowest BCUT2D eigenvalue weighted by atomic mass is 10.1. The Balaban J connectivity index is 1.86. The molecule has 2 heterocycles. The summed E-state index contributed by atoms with van der Waals surface area (Å²) in [5, 5.41) is 0. The summed E-state index contributed by atoms with van der Waals surface area (Å²) in [6.07, 6.45) is 3.55. The van der Waals surface area contributed by atoms with Crippen LogP contribution in [0.15, 0.2) is 59.3 Å². The smallest absolute Gasteiger partial charge is 0.418 e. The second kappa shape index (κ2) is 10.2. The number of hydrogen-bond acceptors (Lipinski definition) is 5. The number of amides is 1. The van der Waals surface area contributed by atoms with Crippen LogP contribution in [0.2, 0.25) is 25.7 Å². The molecule has 0 saturated heterocycles. The van der Waals surface area contributed by atoms with Gasteiger partial charge < -0.3 is 19.1 Å². The Labute approximate surface area is 199 Å². The Kier molecular flexibility index (Phi) is 7.87. The van der Waals surface area contributed by atoms with Gasteiger partial charge in [0, 0.05) is 23.9 Å². The lowest BCUT2D eigenvalue weighted by molar-refractivity contribution is 0.0608. The van der Waals surface area contributed by atoms with E-state index in [-0.39, 0.29) is 0 Å². The largest absolute Gasteiger partial charge is 0.458 e. The van der Waals surface area contributed by atoms with Crippen LogP contribution >= 0.6 is 22.6 Å². The normalized spacial score (nSPS) is 16.2. The highest BCUT2D eigenvalue weighted by atomic mass is 127. The fourth-order valence-corrected chi connectivity index (χ4v) is 4.62. The van der Waals surface area contributed by atoms with Crippen LogP contribution in [-0.2, 0) is 9.47 Å². The highest BCUT2D eigenvalue weighted by Crippen LogP contribution is 2.37. The van der Waals surface area contributed by atoms with Crippen LogP contribution in [0, 0.1) is 3.57 Å². The molecule has 0 aliphatic carbocycles. The predicted octanol–water partition coefficient (Wildman–Crippen LogP) is 5.77. The quantitative estimate of drug-likeness (QED) is 0.232. The van der Waals surface area contributed by atoms with Gasteiger partial charge in [-0.25, -0.2) is 9.69 Å². The summed E-state index contributed by atoms with van der Waals surface area (Å²) in [5.41, 5.74) is 2.43. The fraction of sp³-hybridized carbons (Fsp3) is 0.435. The van der Waals surface area contributed by atoms with Crippen molar-refractivity contribution < 1.29 is 19.0 Å². The van der Waals surface area contributed by atoms with Crippen molar-refractivity contribution >= 4 is 36.8 Å². The molecular formula is C23H31IN2O4Si. The van der Waals surface area contributed by atoms with E-state index >= 15 is 0 Å². The van der Waals surface area contributed by atoms with Gasteiger partial charge in [0.05, 0.1) is 18.8 Å². The van der Waals surface area contributed by atoms with E-state index in [9.17, 15) is 4.79 Å². The number of ether oxygens (including phenoxy) is 3. The Morgan fingerprint density at radius 3 is 2.68 bits per heavy atom. The number of allylic oxidation sites excluding steroid dienone is 3. The van der Waals surface area contributed by atoms with Gasteiger partial charge in [-0.1, -0.05) is 25.7 Å². The molecule has 0 N–H and O–H groups in total. The highest BCUT2D eigenvalue weighted by Gasteiger charge is 2.38. The molecule has 0 unspecified atom stereocenters. The van der Waals surface area contributed by atoms with E-state index in [4.69, 9.17) is 14.2 Å². The molecule has 8 heteroatoms. The maximum absolute atomic E-state index is 12.8. The van der Waals surface area contributed by atoms with Gasteiger partial charge in [0.25, 0.3) is 0 Å². The molecule has 0 atom stereocenters. The second-order valence-electron chi connectivity index (χ2n) is 8.77. The molecule has 1 aromatic rings. The van der Waals surface area contributed by atoms with Crippen molar-refractivity contribution in [3.8, 4) is 5.75 Å². The molecule has 0 fully saturated rings. The van der Waals surface area contributed by atoms with E-state index in [0.29, 0.717) is 25.6 Å². The van der Waals surface area contributed by atoms with Crippen LogP contribution in [-0.4, -0.2) is 50.5 Å². The van der Waals surface area contributed by atoms with E-state index in [2.05, 4.69) is 47.1 Å². The van der Waals surface area contributed by atoms with Crippen LogP contribution in [0.1, 0.15) is 13.8 Å². The van der Waals surface area contributed by atoms with Crippen LogP contribution in [0.4, 0.5) is 4.79 Å². The first-order valence-corrected chi connectivity index (χ1v) is 15.3. The van der Waals surface area contributed by atoms with Gasteiger partial charge in [0.1, 0.15) is 23.9 Å². The average Bonchev–Trinajstić information content (AvgIpc) is 3.02. The molecule has 31 heavy (non-hydrogen) atoms. The minimum Gasteiger partial charge on any atom is -0.458 e. The van der Waals surface area contributed by atoms with Crippen molar-refractivity contribution in [1.82, 2.24) is 9.80 Å². The summed E-state index contributed by atoms with van der Waals surface area (Å²) in [6.45, 7) is 12.7. The summed E-state index contributed by atoms with van der Waals surface area (Å²) in [6, 6.07) is 8.99. The first-order valence-electron chi connectivity index (χ1n) is 10.5. The van der Waals surface area contributed by atoms with Crippen molar-refractivity contribution in [2.45, 2.75) is 39.5 Å². The zero-order valence-corrected chi connectivity index (χ0v) is 22.1. The zero-order valence-electron chi connectivity index (χ0n) is 18.9. The summed E-state index contributed by atoms with van der Waals surface area (Å²) in [7, 11) is -1.16. The minimum absolute atomic E-state index is 0.311. The molecule has 1 amide bonds. The van der Waals surface area contributed by atoms with Gasteiger partial charge in [-0.05, 0) is 72.8 Å². The minimum atomic E-state index is -1.16. The van der Waals surface area contributed by atoms with Crippen LogP contribution in [0.25, 0.3) is 0 Å². The summed E-state index contributed by atoms with van der Waals surface area (Å²) < 4.78 is 18.7. The highest BCUT2D eigenvalue weighted by molar-refractivity contribution is 14.1. The number of benzene rings is 1. The van der Waals surface area contributed by atoms with Crippen LogP contribution < -0.4 is 4.74 Å². The average molecular weight is 555 g/mol. The monoisotopic (exact) mass is 554 g/mol. The molecule has 3 rings (SSSR count). The molecule has 0 bridgehead atoms. The van der Waals surface area contributed by atoms with Gasteiger partial charge in [-0.3, -0.25) is 0 Å². The van der Waals surface area contributed by atoms with E-state index < -0.39 is 14.2 Å². The van der Waals surface area contributed by atoms with Crippen LogP contribution in [0.3, 0.4) is 0 Å². The van der Waals surface area contributed by atoms with Crippen molar-refractivity contribution in [2.24, 2.45) is 0 Å². The Bertz CT molecular complexity index is 920. The number of halogens is 1. The van der Waals surface area contributed by atoms with Crippen molar-refractivity contribution in [3.05, 3.63) is 62.8 Å². The van der Waals surface area contributed by atoms with Crippen molar-refractivity contribution in [2.75, 3.05) is 26.5 Å². The van der Waals surface area contributed by atoms with E-state index in [1.54, 1.807) is 4.90 Å². The molecule has 1 aromatic carbocycles. The molecule has 2 aliphatic heterocycles. The van der Waals surface area contributed by atoms with Crippen molar-refractivity contribution in [1.29, 1.82) is 0 Å². The Morgan fingerprint density at radius 2 is 2.00 bits per heavy atom. The fourth-order valence-electron chi connectivity index (χ4n) is 3.34. The predicted molar refractivity (Wildman–Crippen MR) is 133 cm³/mol. The lowest BCUT2D eigenvalue weighted by Gasteiger charge is -2.30. The third-order valence-corrected chi connectivity index (χ3v) is 7.35. The van der Waals surface area contributed by atoms with Gasteiger partial charge in [-0.15, -0.1) is 0 Å². The Morgan fingerprint density at radius 1 is 1.23 bits per heavy atom. The topological polar surface area (TPSA) is 51.2 Å². The summed E-state index contributed by atoms with van der Waals surface area (Å²) in [5.74, 6) is 1.45. The molecular weight excluding hydrogens is 523 g/mol. The lowest BCUT2D eigenvalue weighted by Crippen LogP contribution is -2.34. The maximum Gasteiger partial charge on any atom is 0.418 e. The van der Waals surface area contributed by atoms with E-state index in [1.165, 1.54) is 0 Å². The number of fused-ring (bicyclic) bond motifs is 1. The SMILES string of the molecule is CCOC(=O)N1C(C)=CC=C2C1=C(Oc1cccc(I)c1)CN2COCC[Si](C)(C)C. The summed E-state index contributed by atoms with van der Waals surface area (Å²) >= 11 is 2.26. The first-order chi connectivity index (χ1) is 14.7. The molecule has 0 spiro atoms. The van der Waals surface area contributed by atoms with Crippen LogP contribution in [0.5, 0.6) is 5.75 Å². The zero-order chi connectivity index (χ0) is 22.6. The van der Waals surface area contributed by atoms with E-state index in [1.807, 2.05) is 50.3 Å². The van der Waals surface area contributed by atoms with Crippen molar-refractivity contribution in [3.63, 3.8) is 0 Å². The van der Waals surface area contributed by atoms with E-state index in [0.717, 1.165) is 39.1 Å². The van der Waals surface area contributed by atoms with Gasteiger partial charge in [0.2, 0.25) is 0 Å². The maximum atomic E-state index is 12.8. The molecule has 6 nitrogen and oxygen atoms in total.